The van der Waals surface area contributed by atoms with Gasteiger partial charge in [-0.2, -0.15) is 0 Å². The van der Waals surface area contributed by atoms with Crippen LogP contribution in [0, 0.1) is 0 Å². The number of hydrogen-bond acceptors (Lipinski definition) is 6. The molecule has 0 N–H and O–H groups in total. The molecule has 6 heteroatoms. The molecule has 54 heavy (non-hydrogen) atoms. The predicted octanol–water partition coefficient (Wildman–Crippen LogP) is 13.5. The lowest BCUT2D eigenvalue weighted by Gasteiger charge is -2.18. The highest BCUT2D eigenvalue weighted by Crippen LogP contribution is 2.10. The highest BCUT2D eigenvalue weighted by Gasteiger charge is 2.19. The molecule has 0 aliphatic rings. The molecule has 0 bridgehead atoms. The van der Waals surface area contributed by atoms with Gasteiger partial charge >= 0.3 is 17.9 Å². The largest absolute Gasteiger partial charge is 0.462 e. The molecular weight excluding hydrogens is 673 g/mol. The van der Waals surface area contributed by atoms with Crippen LogP contribution in [0.5, 0.6) is 0 Å². The fourth-order valence-electron chi connectivity index (χ4n) is 5.15. The molecule has 6 nitrogen and oxygen atoms in total. The molecule has 0 fully saturated rings. The van der Waals surface area contributed by atoms with E-state index in [4.69, 9.17) is 14.2 Å². The third-order valence-electron chi connectivity index (χ3n) is 8.33. The summed E-state index contributed by atoms with van der Waals surface area (Å²) >= 11 is 0. The average molecular weight is 749 g/mol. The van der Waals surface area contributed by atoms with E-state index in [-0.39, 0.29) is 37.5 Å². The number of carbonyl (C=O) groups is 3. The molecule has 0 aromatic rings. The third kappa shape index (κ3) is 39.5. The maximum absolute atomic E-state index is 12.6. The number of allylic oxidation sites excluding steroid dienone is 16. The standard InChI is InChI=1S/C48H76O6/c1-4-7-10-13-16-19-21-22-23-24-25-27-29-32-35-38-41-47(50)53-44-45(43-52-46(49)40-37-34-31-28-18-15-12-9-6-3)54-48(51)42-39-36-33-30-26-20-17-14-11-8-5-2/h7,9-10,12,14,16-20,22-23,25-28,45H,4-6,8,11,13,15,21,24,29-44H2,1-3H3/b10-7-,12-9-,17-14-,19-16-,23-22-,26-20-,27-25-,28-18-. The van der Waals surface area contributed by atoms with Gasteiger partial charge in [-0.3, -0.25) is 14.4 Å². The Morgan fingerprint density at radius 1 is 0.407 bits per heavy atom. The van der Waals surface area contributed by atoms with Gasteiger partial charge in [0, 0.05) is 19.3 Å². The second-order valence-electron chi connectivity index (χ2n) is 13.5. The summed E-state index contributed by atoms with van der Waals surface area (Å²) in [4.78, 5) is 37.6. The monoisotopic (exact) mass is 749 g/mol. The van der Waals surface area contributed by atoms with Gasteiger partial charge in [0.05, 0.1) is 0 Å². The molecule has 0 aliphatic heterocycles. The fraction of sp³-hybridized carbons (Fsp3) is 0.604. The van der Waals surface area contributed by atoms with Gasteiger partial charge in [-0.25, -0.2) is 0 Å². The lowest BCUT2D eigenvalue weighted by molar-refractivity contribution is -0.167. The number of hydrogen-bond donors (Lipinski definition) is 0. The van der Waals surface area contributed by atoms with Crippen LogP contribution in [0.2, 0.25) is 0 Å². The second kappa shape index (κ2) is 42.1. The van der Waals surface area contributed by atoms with E-state index in [1.807, 2.05) is 0 Å². The van der Waals surface area contributed by atoms with Gasteiger partial charge in [0.1, 0.15) is 13.2 Å². The molecule has 1 atom stereocenters. The van der Waals surface area contributed by atoms with E-state index >= 15 is 0 Å². The number of carbonyl (C=O) groups excluding carboxylic acids is 3. The van der Waals surface area contributed by atoms with Crippen molar-refractivity contribution in [1.82, 2.24) is 0 Å². The van der Waals surface area contributed by atoms with Crippen LogP contribution in [0.25, 0.3) is 0 Å². The van der Waals surface area contributed by atoms with Gasteiger partial charge in [0.15, 0.2) is 6.10 Å². The van der Waals surface area contributed by atoms with E-state index in [2.05, 4.69) is 118 Å². The Labute approximate surface area is 330 Å². The van der Waals surface area contributed by atoms with Crippen LogP contribution in [-0.2, 0) is 28.6 Å². The highest BCUT2D eigenvalue weighted by atomic mass is 16.6. The zero-order valence-electron chi connectivity index (χ0n) is 34.4. The smallest absolute Gasteiger partial charge is 0.306 e. The van der Waals surface area contributed by atoms with Gasteiger partial charge in [-0.05, 0) is 103 Å². The summed E-state index contributed by atoms with van der Waals surface area (Å²) in [6.45, 7) is 6.22. The lowest BCUT2D eigenvalue weighted by atomic mass is 10.1. The first-order valence-corrected chi connectivity index (χ1v) is 21.3. The number of unbranched alkanes of at least 4 members (excludes halogenated alkanes) is 10. The van der Waals surface area contributed by atoms with Crippen molar-refractivity contribution >= 4 is 17.9 Å². The minimum absolute atomic E-state index is 0.117. The van der Waals surface area contributed by atoms with Gasteiger partial charge in [0.2, 0.25) is 0 Å². The average Bonchev–Trinajstić information content (AvgIpc) is 3.17. The quantitative estimate of drug-likeness (QED) is 0.0209. The van der Waals surface area contributed by atoms with Crippen LogP contribution in [0.4, 0.5) is 0 Å². The Kier molecular flexibility index (Phi) is 39.2. The summed E-state index contributed by atoms with van der Waals surface area (Å²) in [5.74, 6) is -1.03. The van der Waals surface area contributed by atoms with Crippen molar-refractivity contribution in [1.29, 1.82) is 0 Å². The summed E-state index contributed by atoms with van der Waals surface area (Å²) in [6.07, 6.45) is 54.0. The van der Waals surface area contributed by atoms with Crippen LogP contribution in [0.15, 0.2) is 97.2 Å². The van der Waals surface area contributed by atoms with E-state index in [1.165, 1.54) is 12.8 Å². The maximum atomic E-state index is 12.6. The first kappa shape index (κ1) is 50.3. The molecule has 0 saturated carbocycles. The SMILES string of the molecule is CC/C=C\C/C=C\C/C=C\C/C=C\CCCCCC(=O)OCC(COC(=O)CCCC/C=C\C/C=C\CC)OC(=O)CCCCC/C=C\C=C/CCCC. The maximum Gasteiger partial charge on any atom is 0.306 e. The van der Waals surface area contributed by atoms with Crippen LogP contribution >= 0.6 is 0 Å². The molecule has 1 unspecified atom stereocenters. The van der Waals surface area contributed by atoms with Crippen molar-refractivity contribution in [2.75, 3.05) is 13.2 Å². The van der Waals surface area contributed by atoms with E-state index in [9.17, 15) is 14.4 Å². The summed E-state index contributed by atoms with van der Waals surface area (Å²) in [5, 5.41) is 0. The fourth-order valence-corrected chi connectivity index (χ4v) is 5.15. The first-order chi connectivity index (χ1) is 26.5. The van der Waals surface area contributed by atoms with Crippen molar-refractivity contribution in [3.05, 3.63) is 97.2 Å². The van der Waals surface area contributed by atoms with Crippen molar-refractivity contribution in [2.45, 2.75) is 175 Å². The summed E-state index contributed by atoms with van der Waals surface area (Å²) in [7, 11) is 0. The van der Waals surface area contributed by atoms with Crippen molar-refractivity contribution in [3.8, 4) is 0 Å². The summed E-state index contributed by atoms with van der Waals surface area (Å²) < 4.78 is 16.5. The zero-order chi connectivity index (χ0) is 39.4. The normalized spacial score (nSPS) is 13.0. The molecule has 0 amide bonds. The van der Waals surface area contributed by atoms with E-state index in [0.717, 1.165) is 116 Å². The van der Waals surface area contributed by atoms with Gasteiger partial charge in [-0.1, -0.05) is 144 Å². The van der Waals surface area contributed by atoms with Gasteiger partial charge in [0.25, 0.3) is 0 Å². The van der Waals surface area contributed by atoms with Gasteiger partial charge < -0.3 is 14.2 Å². The Morgan fingerprint density at radius 2 is 0.778 bits per heavy atom. The Bertz CT molecular complexity index is 1140. The van der Waals surface area contributed by atoms with Gasteiger partial charge in [-0.15, -0.1) is 0 Å². The van der Waals surface area contributed by atoms with Crippen molar-refractivity contribution in [2.24, 2.45) is 0 Å². The molecular formula is C48H76O6. The topological polar surface area (TPSA) is 78.9 Å². The van der Waals surface area contributed by atoms with Crippen LogP contribution in [-0.4, -0.2) is 37.2 Å². The minimum atomic E-state index is -0.815. The lowest BCUT2D eigenvalue weighted by Crippen LogP contribution is -2.30. The summed E-state index contributed by atoms with van der Waals surface area (Å²) in [5.41, 5.74) is 0. The van der Waals surface area contributed by atoms with E-state index < -0.39 is 6.10 Å². The molecule has 0 rings (SSSR count). The molecule has 0 spiro atoms. The Hall–Kier alpha value is -3.67. The van der Waals surface area contributed by atoms with Crippen LogP contribution in [0.1, 0.15) is 168 Å². The Balaban J connectivity index is 4.50. The molecule has 0 radical (unpaired) electrons. The molecule has 0 aliphatic carbocycles. The number of esters is 3. The van der Waals surface area contributed by atoms with E-state index in [0.29, 0.717) is 12.8 Å². The molecule has 0 aromatic carbocycles. The predicted molar refractivity (Wildman–Crippen MR) is 228 cm³/mol. The first-order valence-electron chi connectivity index (χ1n) is 21.3. The molecule has 0 saturated heterocycles. The molecule has 0 aromatic heterocycles. The van der Waals surface area contributed by atoms with Crippen LogP contribution < -0.4 is 0 Å². The summed E-state index contributed by atoms with van der Waals surface area (Å²) in [6, 6.07) is 0. The highest BCUT2D eigenvalue weighted by molar-refractivity contribution is 5.71. The van der Waals surface area contributed by atoms with Crippen molar-refractivity contribution in [3.63, 3.8) is 0 Å². The molecule has 0 heterocycles. The second-order valence-corrected chi connectivity index (χ2v) is 13.5. The third-order valence-corrected chi connectivity index (χ3v) is 8.33. The van der Waals surface area contributed by atoms with E-state index in [1.54, 1.807) is 0 Å². The zero-order valence-corrected chi connectivity index (χ0v) is 34.4. The number of rotatable bonds is 36. The van der Waals surface area contributed by atoms with Crippen molar-refractivity contribution < 1.29 is 28.6 Å². The number of ether oxygens (including phenoxy) is 3. The minimum Gasteiger partial charge on any atom is -0.462 e. The Morgan fingerprint density at radius 3 is 1.24 bits per heavy atom. The molecule has 304 valence electrons. The van der Waals surface area contributed by atoms with Crippen LogP contribution in [0.3, 0.4) is 0 Å².